The number of hydrogen-bond donors (Lipinski definition) is 1. The summed E-state index contributed by atoms with van der Waals surface area (Å²) in [6.45, 7) is 3.32. The Bertz CT molecular complexity index is 924. The molecule has 0 bridgehead atoms. The third-order valence-corrected chi connectivity index (χ3v) is 7.00. The summed E-state index contributed by atoms with van der Waals surface area (Å²) in [5.74, 6) is 1.47. The van der Waals surface area contributed by atoms with Gasteiger partial charge in [0.15, 0.2) is 0 Å². The molecule has 0 saturated carbocycles. The second-order valence-corrected chi connectivity index (χ2v) is 9.47. The van der Waals surface area contributed by atoms with E-state index in [4.69, 9.17) is 9.52 Å². The predicted molar refractivity (Wildman–Crippen MR) is 101 cm³/mol. The number of fused-ring (bicyclic) bond motifs is 1. The van der Waals surface area contributed by atoms with Crippen LogP contribution in [0.5, 0.6) is 5.88 Å². The Hall–Kier alpha value is -2.00. The first-order valence-corrected chi connectivity index (χ1v) is 10.7. The molecule has 1 atom stereocenters. The lowest BCUT2D eigenvalue weighted by Gasteiger charge is -2.40. The van der Waals surface area contributed by atoms with Crippen molar-refractivity contribution in [2.75, 3.05) is 44.4 Å². The topological polar surface area (TPSA) is 95.3 Å². The van der Waals surface area contributed by atoms with E-state index in [9.17, 15) is 4.21 Å². The molecule has 2 aromatic heterocycles. The summed E-state index contributed by atoms with van der Waals surface area (Å²) < 4.78 is 27.0. The number of ether oxygens (including phenoxy) is 1. The minimum atomic E-state index is -2.60. The molecule has 0 radical (unpaired) electrons. The second kappa shape index (κ2) is 6.31. The van der Waals surface area contributed by atoms with E-state index in [1.165, 1.54) is 6.26 Å². The number of hydrogen-bond acceptors (Lipinski definition) is 7. The SMILES string of the molecule is COc1cc2c(N3CCC4(CC3)CCN(S(C)(=N)=O)C4)ncnc2cn1. The maximum Gasteiger partial charge on any atom is 0.213 e. The Morgan fingerprint density at radius 1 is 1.19 bits per heavy atom. The van der Waals surface area contributed by atoms with E-state index in [0.717, 1.165) is 62.2 Å². The van der Waals surface area contributed by atoms with Crippen LogP contribution < -0.4 is 9.64 Å². The van der Waals surface area contributed by atoms with Gasteiger partial charge in [-0.05, 0) is 24.7 Å². The molecule has 1 spiro atoms. The van der Waals surface area contributed by atoms with Gasteiger partial charge in [0, 0.05) is 43.9 Å². The zero-order chi connectivity index (χ0) is 18.4. The number of piperidine rings is 1. The minimum Gasteiger partial charge on any atom is -0.481 e. The van der Waals surface area contributed by atoms with Crippen molar-refractivity contribution in [2.45, 2.75) is 19.3 Å². The van der Waals surface area contributed by atoms with Gasteiger partial charge in [-0.1, -0.05) is 0 Å². The molecule has 140 valence electrons. The molecule has 4 heterocycles. The number of aromatic nitrogens is 3. The third-order valence-electron chi connectivity index (χ3n) is 5.70. The molecule has 2 aliphatic heterocycles. The minimum absolute atomic E-state index is 0.179. The van der Waals surface area contributed by atoms with Crippen molar-refractivity contribution < 1.29 is 8.95 Å². The first-order valence-electron chi connectivity index (χ1n) is 8.79. The average Bonchev–Trinajstić information content (AvgIpc) is 3.06. The van der Waals surface area contributed by atoms with E-state index in [-0.39, 0.29) is 5.41 Å². The van der Waals surface area contributed by atoms with Crippen molar-refractivity contribution >= 4 is 26.6 Å². The third kappa shape index (κ3) is 3.09. The Morgan fingerprint density at radius 3 is 2.58 bits per heavy atom. The van der Waals surface area contributed by atoms with Gasteiger partial charge in [-0.3, -0.25) is 0 Å². The van der Waals surface area contributed by atoms with Crippen molar-refractivity contribution in [3.05, 3.63) is 18.6 Å². The standard InChI is InChI=1S/C17H24N6O2S/c1-25-15-9-13-14(10-19-15)20-12-21-16(13)22-6-3-17(4-7-22)5-8-23(11-17)26(2,18)24/h9-10,12,18H,3-8,11H2,1-2H3. The summed E-state index contributed by atoms with van der Waals surface area (Å²) in [5.41, 5.74) is 0.987. The smallest absolute Gasteiger partial charge is 0.213 e. The maximum atomic E-state index is 12.1. The molecule has 26 heavy (non-hydrogen) atoms. The average molecular weight is 376 g/mol. The molecule has 8 nitrogen and oxygen atoms in total. The molecule has 2 saturated heterocycles. The van der Waals surface area contributed by atoms with Crippen LogP contribution in [-0.4, -0.2) is 63.0 Å². The fourth-order valence-electron chi connectivity index (χ4n) is 4.08. The first kappa shape index (κ1) is 17.4. The zero-order valence-electron chi connectivity index (χ0n) is 15.1. The van der Waals surface area contributed by atoms with Crippen LogP contribution in [0, 0.1) is 10.2 Å². The zero-order valence-corrected chi connectivity index (χ0v) is 16.0. The van der Waals surface area contributed by atoms with E-state index in [1.54, 1.807) is 19.6 Å². The Balaban J connectivity index is 1.55. The van der Waals surface area contributed by atoms with Crippen LogP contribution in [0.25, 0.3) is 10.9 Å². The summed E-state index contributed by atoms with van der Waals surface area (Å²) >= 11 is 0. The van der Waals surface area contributed by atoms with Crippen LogP contribution >= 0.6 is 0 Å². The van der Waals surface area contributed by atoms with Gasteiger partial charge in [-0.25, -0.2) is 28.2 Å². The van der Waals surface area contributed by atoms with E-state index >= 15 is 0 Å². The molecular weight excluding hydrogens is 352 g/mol. The summed E-state index contributed by atoms with van der Waals surface area (Å²) in [4.78, 5) is 15.3. The Morgan fingerprint density at radius 2 is 1.92 bits per heavy atom. The molecule has 9 heteroatoms. The Labute approximate surface area is 153 Å². The maximum absolute atomic E-state index is 12.1. The van der Waals surface area contributed by atoms with E-state index in [1.807, 2.05) is 10.4 Å². The Kier molecular flexibility index (Phi) is 4.23. The van der Waals surface area contributed by atoms with E-state index in [0.29, 0.717) is 5.88 Å². The quantitative estimate of drug-likeness (QED) is 0.879. The van der Waals surface area contributed by atoms with Crippen molar-refractivity contribution in [1.82, 2.24) is 19.3 Å². The molecule has 2 aromatic rings. The van der Waals surface area contributed by atoms with Crippen LogP contribution in [0.15, 0.2) is 18.6 Å². The lowest BCUT2D eigenvalue weighted by molar-refractivity contribution is 0.235. The summed E-state index contributed by atoms with van der Waals surface area (Å²) in [6, 6.07) is 1.89. The van der Waals surface area contributed by atoms with Crippen LogP contribution in [0.1, 0.15) is 19.3 Å². The van der Waals surface area contributed by atoms with Gasteiger partial charge in [0.05, 0.1) is 18.8 Å². The highest BCUT2D eigenvalue weighted by molar-refractivity contribution is 7.89. The molecular formula is C17H24N6O2S. The summed E-state index contributed by atoms with van der Waals surface area (Å²) in [7, 11) is -0.998. The number of pyridine rings is 1. The highest BCUT2D eigenvalue weighted by Crippen LogP contribution is 2.42. The van der Waals surface area contributed by atoms with Gasteiger partial charge in [-0.2, -0.15) is 0 Å². The van der Waals surface area contributed by atoms with Gasteiger partial charge in [0.2, 0.25) is 5.88 Å². The molecule has 4 rings (SSSR count). The molecule has 2 aliphatic rings. The van der Waals surface area contributed by atoms with Crippen molar-refractivity contribution in [3.8, 4) is 5.88 Å². The van der Waals surface area contributed by atoms with Gasteiger partial charge >= 0.3 is 0 Å². The molecule has 1 unspecified atom stereocenters. The van der Waals surface area contributed by atoms with E-state index < -0.39 is 9.92 Å². The number of rotatable bonds is 3. The van der Waals surface area contributed by atoms with E-state index in [2.05, 4.69) is 19.9 Å². The molecule has 2 fully saturated rings. The first-order chi connectivity index (χ1) is 12.4. The van der Waals surface area contributed by atoms with Gasteiger partial charge in [0.1, 0.15) is 22.1 Å². The normalized spacial score (nSPS) is 22.6. The van der Waals surface area contributed by atoms with Crippen LogP contribution in [0.2, 0.25) is 0 Å². The van der Waals surface area contributed by atoms with Crippen LogP contribution in [0.3, 0.4) is 0 Å². The monoisotopic (exact) mass is 376 g/mol. The fourth-order valence-corrected chi connectivity index (χ4v) is 5.04. The second-order valence-electron chi connectivity index (χ2n) is 7.34. The highest BCUT2D eigenvalue weighted by Gasteiger charge is 2.42. The number of methoxy groups -OCH3 is 1. The summed E-state index contributed by atoms with van der Waals surface area (Å²) in [6.07, 6.45) is 7.88. The fraction of sp³-hybridized carbons (Fsp3) is 0.588. The molecule has 1 N–H and O–H groups in total. The van der Waals surface area contributed by atoms with Gasteiger partial charge < -0.3 is 9.64 Å². The van der Waals surface area contributed by atoms with Crippen molar-refractivity contribution in [2.24, 2.45) is 5.41 Å². The van der Waals surface area contributed by atoms with Crippen molar-refractivity contribution in [1.29, 1.82) is 4.78 Å². The molecule has 0 amide bonds. The largest absolute Gasteiger partial charge is 0.481 e. The summed E-state index contributed by atoms with van der Waals surface area (Å²) in [5, 5.41) is 0.950. The number of anilines is 1. The lowest BCUT2D eigenvalue weighted by Crippen LogP contribution is -2.42. The number of nitrogens with zero attached hydrogens (tertiary/aromatic N) is 5. The highest BCUT2D eigenvalue weighted by atomic mass is 32.2. The lowest BCUT2D eigenvalue weighted by atomic mass is 9.78. The van der Waals surface area contributed by atoms with Crippen LogP contribution in [0.4, 0.5) is 5.82 Å². The van der Waals surface area contributed by atoms with Gasteiger partial charge in [-0.15, -0.1) is 0 Å². The van der Waals surface area contributed by atoms with Crippen LogP contribution in [-0.2, 0) is 9.92 Å². The molecule has 0 aliphatic carbocycles. The predicted octanol–water partition coefficient (Wildman–Crippen LogP) is 1.92. The number of nitrogens with one attached hydrogen (secondary N) is 1. The molecule has 0 aromatic carbocycles. The van der Waals surface area contributed by atoms with Crippen molar-refractivity contribution in [3.63, 3.8) is 0 Å². The van der Waals surface area contributed by atoms with Gasteiger partial charge in [0.25, 0.3) is 0 Å².